The average Bonchev–Trinajstić information content (AvgIpc) is 2.49. The monoisotopic (exact) mass is 286 g/mol. The molecule has 0 bridgehead atoms. The Morgan fingerprint density at radius 1 is 1.40 bits per heavy atom. The smallest absolute Gasteiger partial charge is 0.191 e. The highest BCUT2D eigenvalue weighted by Crippen LogP contribution is 2.29. The maximum absolute atomic E-state index is 12.1. The first-order chi connectivity index (χ1) is 9.60. The van der Waals surface area contributed by atoms with Crippen LogP contribution in [0.1, 0.15) is 12.0 Å². The molecule has 4 heteroatoms. The molecule has 0 saturated heterocycles. The molecule has 0 radical (unpaired) electrons. The van der Waals surface area contributed by atoms with Crippen LogP contribution >= 0.6 is 12.2 Å². The largest absolute Gasteiger partial charge is 0.368 e. The molecule has 1 atom stereocenters. The molecule has 0 heterocycles. The van der Waals surface area contributed by atoms with E-state index in [4.69, 9.17) is 17.0 Å². The minimum Gasteiger partial charge on any atom is -0.368 e. The van der Waals surface area contributed by atoms with Crippen LogP contribution in [-0.4, -0.2) is 30.1 Å². The van der Waals surface area contributed by atoms with Crippen molar-refractivity contribution in [3.05, 3.63) is 59.2 Å². The molecule has 0 fully saturated rings. The number of ketones is 1. The van der Waals surface area contributed by atoms with Crippen LogP contribution in [0.5, 0.6) is 0 Å². The van der Waals surface area contributed by atoms with Crippen molar-refractivity contribution in [1.29, 1.82) is 0 Å². The van der Waals surface area contributed by atoms with Crippen molar-refractivity contribution < 1.29 is 14.3 Å². The SMILES string of the molecule is C=C1CC(C=O)=C(C(=S)c2ccccc2)C(OC)C1=O. The van der Waals surface area contributed by atoms with Gasteiger partial charge in [-0.15, -0.1) is 0 Å². The fraction of sp³-hybridized carbons (Fsp3) is 0.188. The molecule has 2 rings (SSSR count). The topological polar surface area (TPSA) is 43.4 Å². The Hall–Kier alpha value is -1.91. The second kappa shape index (κ2) is 6.03. The van der Waals surface area contributed by atoms with Gasteiger partial charge in [-0.05, 0) is 11.1 Å². The van der Waals surface area contributed by atoms with E-state index >= 15 is 0 Å². The first-order valence-electron chi connectivity index (χ1n) is 6.13. The molecular weight excluding hydrogens is 272 g/mol. The molecule has 0 spiro atoms. The highest BCUT2D eigenvalue weighted by atomic mass is 32.1. The van der Waals surface area contributed by atoms with E-state index in [0.717, 1.165) is 11.8 Å². The Morgan fingerprint density at radius 3 is 2.60 bits per heavy atom. The number of Topliss-reactive ketones (excluding diaryl/α,β-unsaturated/α-hetero) is 1. The van der Waals surface area contributed by atoms with Crippen molar-refractivity contribution in [2.24, 2.45) is 0 Å². The number of hydrogen-bond acceptors (Lipinski definition) is 4. The van der Waals surface area contributed by atoms with Crippen LogP contribution in [0.3, 0.4) is 0 Å². The zero-order chi connectivity index (χ0) is 14.7. The molecule has 1 aromatic carbocycles. The van der Waals surface area contributed by atoms with Crippen LogP contribution in [-0.2, 0) is 14.3 Å². The average molecular weight is 286 g/mol. The lowest BCUT2D eigenvalue weighted by Gasteiger charge is -2.26. The summed E-state index contributed by atoms with van der Waals surface area (Å²) in [6.45, 7) is 3.69. The minimum atomic E-state index is -0.843. The lowest BCUT2D eigenvalue weighted by molar-refractivity contribution is -0.123. The highest BCUT2D eigenvalue weighted by Gasteiger charge is 2.34. The molecule has 3 nitrogen and oxygen atoms in total. The van der Waals surface area contributed by atoms with Gasteiger partial charge in [0.2, 0.25) is 0 Å². The van der Waals surface area contributed by atoms with Gasteiger partial charge in [-0.3, -0.25) is 9.59 Å². The quantitative estimate of drug-likeness (QED) is 0.369. The highest BCUT2D eigenvalue weighted by molar-refractivity contribution is 7.81. The van der Waals surface area contributed by atoms with Gasteiger partial charge >= 0.3 is 0 Å². The van der Waals surface area contributed by atoms with Gasteiger partial charge in [-0.25, -0.2) is 0 Å². The molecule has 0 saturated carbocycles. The molecule has 0 aromatic heterocycles. The summed E-state index contributed by atoms with van der Waals surface area (Å²) in [4.78, 5) is 23.9. The van der Waals surface area contributed by atoms with E-state index in [1.165, 1.54) is 7.11 Å². The van der Waals surface area contributed by atoms with E-state index in [-0.39, 0.29) is 12.2 Å². The minimum absolute atomic E-state index is 0.216. The third-order valence-electron chi connectivity index (χ3n) is 3.26. The molecule has 0 aliphatic heterocycles. The van der Waals surface area contributed by atoms with E-state index < -0.39 is 6.10 Å². The van der Waals surface area contributed by atoms with Gasteiger partial charge in [0.05, 0.1) is 4.86 Å². The van der Waals surface area contributed by atoms with Crippen LogP contribution in [0.4, 0.5) is 0 Å². The van der Waals surface area contributed by atoms with E-state index in [1.807, 2.05) is 30.3 Å². The predicted octanol–water partition coefficient (Wildman–Crippen LogP) is 2.44. The van der Waals surface area contributed by atoms with E-state index in [1.54, 1.807) is 0 Å². The number of hydrogen-bond donors (Lipinski definition) is 0. The van der Waals surface area contributed by atoms with Crippen molar-refractivity contribution in [2.75, 3.05) is 7.11 Å². The number of methoxy groups -OCH3 is 1. The zero-order valence-corrected chi connectivity index (χ0v) is 11.9. The van der Waals surface area contributed by atoms with Crippen molar-refractivity contribution >= 4 is 29.2 Å². The molecule has 1 aromatic rings. The Morgan fingerprint density at radius 2 is 2.05 bits per heavy atom. The molecule has 1 aliphatic rings. The maximum Gasteiger partial charge on any atom is 0.191 e. The summed E-state index contributed by atoms with van der Waals surface area (Å²) < 4.78 is 5.25. The molecule has 20 heavy (non-hydrogen) atoms. The molecule has 1 unspecified atom stereocenters. The van der Waals surface area contributed by atoms with Crippen molar-refractivity contribution in [1.82, 2.24) is 0 Å². The maximum atomic E-state index is 12.1. The lowest BCUT2D eigenvalue weighted by Crippen LogP contribution is -2.35. The summed E-state index contributed by atoms with van der Waals surface area (Å²) >= 11 is 5.44. The van der Waals surface area contributed by atoms with Gasteiger partial charge < -0.3 is 4.74 Å². The number of benzene rings is 1. The summed E-state index contributed by atoms with van der Waals surface area (Å²) in [5, 5.41) is 0. The number of rotatable bonds is 4. The Labute approximate surface area is 122 Å². The Balaban J connectivity index is 2.54. The number of carbonyl (C=O) groups is 2. The predicted molar refractivity (Wildman–Crippen MR) is 80.8 cm³/mol. The summed E-state index contributed by atoms with van der Waals surface area (Å²) in [5.74, 6) is -0.216. The molecule has 1 aliphatic carbocycles. The Kier molecular flexibility index (Phi) is 4.37. The normalized spacial score (nSPS) is 19.1. The fourth-order valence-corrected chi connectivity index (χ4v) is 2.61. The summed E-state index contributed by atoms with van der Waals surface area (Å²) in [6.07, 6.45) is 0.114. The first kappa shape index (κ1) is 14.5. The number of aldehydes is 1. The van der Waals surface area contributed by atoms with E-state index in [2.05, 4.69) is 6.58 Å². The van der Waals surface area contributed by atoms with E-state index in [0.29, 0.717) is 21.6 Å². The molecular formula is C16H14O3S. The van der Waals surface area contributed by atoms with Gasteiger partial charge in [0, 0.05) is 24.7 Å². The Bertz CT molecular complexity index is 614. The number of allylic oxidation sites excluding steroid dienone is 1. The van der Waals surface area contributed by atoms with Crippen LogP contribution in [0.2, 0.25) is 0 Å². The lowest BCUT2D eigenvalue weighted by atomic mass is 9.83. The van der Waals surface area contributed by atoms with Gasteiger partial charge in [-0.2, -0.15) is 0 Å². The fourth-order valence-electron chi connectivity index (χ4n) is 2.24. The van der Waals surface area contributed by atoms with Crippen molar-refractivity contribution in [2.45, 2.75) is 12.5 Å². The molecule has 102 valence electrons. The van der Waals surface area contributed by atoms with Gasteiger partial charge in [0.1, 0.15) is 12.4 Å². The number of carbonyl (C=O) groups excluding carboxylic acids is 2. The summed E-state index contributed by atoms with van der Waals surface area (Å²) in [6, 6.07) is 9.28. The third-order valence-corrected chi connectivity index (χ3v) is 3.71. The second-order valence-corrected chi connectivity index (χ2v) is 4.92. The zero-order valence-electron chi connectivity index (χ0n) is 11.1. The van der Waals surface area contributed by atoms with E-state index in [9.17, 15) is 9.59 Å². The van der Waals surface area contributed by atoms with Crippen LogP contribution in [0.15, 0.2) is 53.6 Å². The summed E-state index contributed by atoms with van der Waals surface area (Å²) in [7, 11) is 1.43. The second-order valence-electron chi connectivity index (χ2n) is 4.51. The van der Waals surface area contributed by atoms with Crippen LogP contribution in [0, 0.1) is 0 Å². The van der Waals surface area contributed by atoms with Gasteiger partial charge in [-0.1, -0.05) is 49.1 Å². The first-order valence-corrected chi connectivity index (χ1v) is 6.53. The molecule has 0 N–H and O–H groups in total. The third kappa shape index (κ3) is 2.53. The van der Waals surface area contributed by atoms with Gasteiger partial charge in [0.25, 0.3) is 0 Å². The van der Waals surface area contributed by atoms with Gasteiger partial charge in [0.15, 0.2) is 5.78 Å². The van der Waals surface area contributed by atoms with Crippen molar-refractivity contribution in [3.8, 4) is 0 Å². The number of ether oxygens (including phenoxy) is 1. The van der Waals surface area contributed by atoms with Crippen LogP contribution < -0.4 is 0 Å². The number of thiocarbonyl (C=S) groups is 1. The molecule has 0 amide bonds. The standard InChI is InChI=1S/C16H14O3S/c1-10-8-12(9-17)13(15(19-2)14(10)18)16(20)11-6-4-3-5-7-11/h3-7,9,15H,1,8H2,2H3. The summed E-state index contributed by atoms with van der Waals surface area (Å²) in [5.41, 5.74) is 2.12. The van der Waals surface area contributed by atoms with Crippen molar-refractivity contribution in [3.63, 3.8) is 0 Å². The van der Waals surface area contributed by atoms with Crippen LogP contribution in [0.25, 0.3) is 0 Å².